The van der Waals surface area contributed by atoms with Crippen molar-refractivity contribution < 1.29 is 4.79 Å². The van der Waals surface area contributed by atoms with Crippen LogP contribution in [-0.4, -0.2) is 5.78 Å². The third-order valence-electron chi connectivity index (χ3n) is 4.42. The van der Waals surface area contributed by atoms with Crippen LogP contribution in [0, 0.1) is 11.3 Å². The fourth-order valence-corrected chi connectivity index (χ4v) is 3.17. The van der Waals surface area contributed by atoms with Crippen LogP contribution in [0.4, 0.5) is 0 Å². The smallest absolute Gasteiger partial charge is 0.136 e. The minimum absolute atomic E-state index is 0.263. The molecule has 0 heterocycles. The molecule has 17 heavy (non-hydrogen) atoms. The van der Waals surface area contributed by atoms with Crippen molar-refractivity contribution >= 4 is 5.78 Å². The Labute approximate surface area is 107 Å². The van der Waals surface area contributed by atoms with Gasteiger partial charge < -0.3 is 0 Å². The van der Waals surface area contributed by atoms with E-state index in [1.54, 1.807) is 0 Å². The maximum atomic E-state index is 12.2. The van der Waals surface area contributed by atoms with Crippen molar-refractivity contribution in [3.05, 3.63) is 0 Å². The highest BCUT2D eigenvalue weighted by atomic mass is 16.1. The number of hydrogen-bond donors (Lipinski definition) is 0. The van der Waals surface area contributed by atoms with Crippen LogP contribution in [0.15, 0.2) is 0 Å². The molecule has 1 atom stereocenters. The van der Waals surface area contributed by atoms with Crippen molar-refractivity contribution in [2.75, 3.05) is 0 Å². The third-order valence-corrected chi connectivity index (χ3v) is 4.42. The second kappa shape index (κ2) is 7.18. The van der Waals surface area contributed by atoms with Crippen molar-refractivity contribution in [1.29, 1.82) is 0 Å². The second-order valence-electron chi connectivity index (χ2n) is 6.42. The molecule has 0 aromatic carbocycles. The summed E-state index contributed by atoms with van der Waals surface area (Å²) in [6.45, 7) is 6.80. The van der Waals surface area contributed by atoms with E-state index in [-0.39, 0.29) is 5.41 Å². The summed E-state index contributed by atoms with van der Waals surface area (Å²) in [6.07, 6.45) is 12.0. The molecule has 100 valence electrons. The fourth-order valence-electron chi connectivity index (χ4n) is 3.17. The summed E-state index contributed by atoms with van der Waals surface area (Å²) >= 11 is 0. The lowest BCUT2D eigenvalue weighted by atomic mass is 9.66. The van der Waals surface area contributed by atoms with Gasteiger partial charge in [-0.25, -0.2) is 0 Å². The van der Waals surface area contributed by atoms with E-state index in [4.69, 9.17) is 0 Å². The number of ketones is 1. The average Bonchev–Trinajstić information content (AvgIpc) is 2.28. The number of Topliss-reactive ketones (excluding diaryl/α,β-unsaturated/α-hetero) is 1. The van der Waals surface area contributed by atoms with E-state index in [0.717, 1.165) is 19.3 Å². The third kappa shape index (κ3) is 4.81. The Bertz CT molecular complexity index is 230. The molecule has 1 aliphatic carbocycles. The standard InChI is InChI=1S/C16H30O/c1-4-5-6-7-8-12-15(17)14-11-9-10-13-16(14,2)3/h14H,4-13H2,1-3H3. The summed E-state index contributed by atoms with van der Waals surface area (Å²) in [5, 5.41) is 0. The minimum atomic E-state index is 0.263. The molecule has 0 bridgehead atoms. The molecule has 1 nitrogen and oxygen atoms in total. The molecule has 0 aromatic heterocycles. The fraction of sp³-hybridized carbons (Fsp3) is 0.938. The van der Waals surface area contributed by atoms with Crippen LogP contribution in [0.25, 0.3) is 0 Å². The molecule has 1 aliphatic rings. The largest absolute Gasteiger partial charge is 0.299 e. The van der Waals surface area contributed by atoms with Gasteiger partial charge in [0.2, 0.25) is 0 Å². The first kappa shape index (κ1) is 14.7. The monoisotopic (exact) mass is 238 g/mol. The van der Waals surface area contributed by atoms with E-state index in [1.807, 2.05) is 0 Å². The predicted molar refractivity (Wildman–Crippen MR) is 74.1 cm³/mol. The van der Waals surface area contributed by atoms with Crippen molar-refractivity contribution in [2.45, 2.75) is 85.0 Å². The average molecular weight is 238 g/mol. The first-order valence-corrected chi connectivity index (χ1v) is 7.60. The van der Waals surface area contributed by atoms with Gasteiger partial charge in [-0.3, -0.25) is 4.79 Å². The molecule has 1 heteroatoms. The van der Waals surface area contributed by atoms with Gasteiger partial charge in [-0.2, -0.15) is 0 Å². The lowest BCUT2D eigenvalue weighted by Crippen LogP contribution is -2.33. The first-order chi connectivity index (χ1) is 8.08. The van der Waals surface area contributed by atoms with E-state index < -0.39 is 0 Å². The minimum Gasteiger partial charge on any atom is -0.299 e. The van der Waals surface area contributed by atoms with Crippen LogP contribution < -0.4 is 0 Å². The zero-order valence-electron chi connectivity index (χ0n) is 12.1. The number of rotatable bonds is 7. The number of carbonyl (C=O) groups excluding carboxylic acids is 1. The highest BCUT2D eigenvalue weighted by Gasteiger charge is 2.36. The van der Waals surface area contributed by atoms with E-state index in [0.29, 0.717) is 11.7 Å². The lowest BCUT2D eigenvalue weighted by Gasteiger charge is -2.37. The van der Waals surface area contributed by atoms with E-state index in [1.165, 1.54) is 44.9 Å². The first-order valence-electron chi connectivity index (χ1n) is 7.60. The zero-order chi connectivity index (χ0) is 12.7. The Morgan fingerprint density at radius 3 is 2.47 bits per heavy atom. The van der Waals surface area contributed by atoms with Crippen molar-refractivity contribution in [3.63, 3.8) is 0 Å². The van der Waals surface area contributed by atoms with Gasteiger partial charge in [-0.1, -0.05) is 59.3 Å². The highest BCUT2D eigenvalue weighted by molar-refractivity contribution is 5.81. The Balaban J connectivity index is 2.26. The lowest BCUT2D eigenvalue weighted by molar-refractivity contribution is -0.128. The van der Waals surface area contributed by atoms with Gasteiger partial charge in [0.1, 0.15) is 5.78 Å². The van der Waals surface area contributed by atoms with Gasteiger partial charge in [0.25, 0.3) is 0 Å². The highest BCUT2D eigenvalue weighted by Crippen LogP contribution is 2.41. The Morgan fingerprint density at radius 1 is 1.12 bits per heavy atom. The summed E-state index contributed by atoms with van der Waals surface area (Å²) < 4.78 is 0. The van der Waals surface area contributed by atoms with Crippen LogP contribution in [0.2, 0.25) is 0 Å². The molecule has 0 spiro atoms. The van der Waals surface area contributed by atoms with Gasteiger partial charge in [-0.15, -0.1) is 0 Å². The normalized spacial score (nSPS) is 23.6. The quantitative estimate of drug-likeness (QED) is 0.562. The maximum absolute atomic E-state index is 12.2. The molecule has 1 fully saturated rings. The van der Waals surface area contributed by atoms with Crippen molar-refractivity contribution in [2.24, 2.45) is 11.3 Å². The van der Waals surface area contributed by atoms with Gasteiger partial charge in [0, 0.05) is 12.3 Å². The molecule has 0 amide bonds. The van der Waals surface area contributed by atoms with Crippen LogP contribution >= 0.6 is 0 Å². The maximum Gasteiger partial charge on any atom is 0.136 e. The summed E-state index contributed by atoms with van der Waals surface area (Å²) in [7, 11) is 0. The summed E-state index contributed by atoms with van der Waals surface area (Å²) in [6, 6.07) is 0. The number of carbonyl (C=O) groups is 1. The topological polar surface area (TPSA) is 17.1 Å². The molecular weight excluding hydrogens is 208 g/mol. The molecule has 0 N–H and O–H groups in total. The Kier molecular flexibility index (Phi) is 6.22. The predicted octanol–water partition coefficient (Wildman–Crippen LogP) is 5.13. The van der Waals surface area contributed by atoms with E-state index >= 15 is 0 Å². The molecule has 0 radical (unpaired) electrons. The second-order valence-corrected chi connectivity index (χ2v) is 6.42. The zero-order valence-corrected chi connectivity index (χ0v) is 12.1. The van der Waals surface area contributed by atoms with Crippen LogP contribution in [0.3, 0.4) is 0 Å². The van der Waals surface area contributed by atoms with Gasteiger partial charge >= 0.3 is 0 Å². The van der Waals surface area contributed by atoms with Gasteiger partial charge in [0.05, 0.1) is 0 Å². The SMILES string of the molecule is CCCCCCCC(=O)C1CCCCC1(C)C. The van der Waals surface area contributed by atoms with Gasteiger partial charge in [0.15, 0.2) is 0 Å². The van der Waals surface area contributed by atoms with Gasteiger partial charge in [-0.05, 0) is 24.7 Å². The van der Waals surface area contributed by atoms with Crippen molar-refractivity contribution in [3.8, 4) is 0 Å². The van der Waals surface area contributed by atoms with Crippen LogP contribution in [0.5, 0.6) is 0 Å². The Hall–Kier alpha value is -0.330. The molecule has 1 rings (SSSR count). The van der Waals surface area contributed by atoms with E-state index in [9.17, 15) is 4.79 Å². The summed E-state index contributed by atoms with van der Waals surface area (Å²) in [5.74, 6) is 0.897. The van der Waals surface area contributed by atoms with Crippen LogP contribution in [-0.2, 0) is 4.79 Å². The van der Waals surface area contributed by atoms with Crippen molar-refractivity contribution in [1.82, 2.24) is 0 Å². The molecule has 0 aromatic rings. The molecule has 1 unspecified atom stereocenters. The van der Waals surface area contributed by atoms with E-state index in [2.05, 4.69) is 20.8 Å². The number of hydrogen-bond acceptors (Lipinski definition) is 1. The molecule has 1 saturated carbocycles. The molecule has 0 saturated heterocycles. The molecular formula is C16H30O. The molecule has 0 aliphatic heterocycles. The summed E-state index contributed by atoms with van der Waals surface area (Å²) in [5.41, 5.74) is 0.263. The summed E-state index contributed by atoms with van der Waals surface area (Å²) in [4.78, 5) is 12.2. The Morgan fingerprint density at radius 2 is 1.82 bits per heavy atom. The number of unbranched alkanes of at least 4 members (excludes halogenated alkanes) is 4. The van der Waals surface area contributed by atoms with Crippen LogP contribution in [0.1, 0.15) is 85.0 Å².